The minimum atomic E-state index is 1.30. The van der Waals surface area contributed by atoms with Crippen LogP contribution in [0, 0.1) is 5.92 Å². The van der Waals surface area contributed by atoms with E-state index in [1.807, 2.05) is 0 Å². The highest BCUT2D eigenvalue weighted by molar-refractivity contribution is 5.15. The van der Waals surface area contributed by atoms with Crippen molar-refractivity contribution in [2.45, 2.75) is 58.3 Å². The fourth-order valence-electron chi connectivity index (χ4n) is 1.77. The third kappa shape index (κ3) is 3.94. The van der Waals surface area contributed by atoms with Crippen LogP contribution in [0.3, 0.4) is 0 Å². The Morgan fingerprint density at radius 2 is 2.00 bits per heavy atom. The van der Waals surface area contributed by atoms with Gasteiger partial charge < -0.3 is 0 Å². The van der Waals surface area contributed by atoms with Crippen LogP contribution in [0.25, 0.3) is 0 Å². The quantitative estimate of drug-likeness (QED) is 0.515. The summed E-state index contributed by atoms with van der Waals surface area (Å²) in [6.07, 6.45) is 15.7. The number of allylic oxidation sites excluding steroid dienone is 2. The Hall–Kier alpha value is -0.260. The largest absolute Gasteiger partial charge is 0.0879 e. The Balaban J connectivity index is 1.85. The predicted octanol–water partition coefficient (Wildman–Crippen LogP) is 4.27. The van der Waals surface area contributed by atoms with Gasteiger partial charge >= 0.3 is 0 Å². The molecule has 12 heavy (non-hydrogen) atoms. The molecule has 0 N–H and O–H groups in total. The molecule has 0 atom stereocenters. The van der Waals surface area contributed by atoms with Crippen LogP contribution in [0.1, 0.15) is 58.3 Å². The number of rotatable bonds is 6. The predicted molar refractivity (Wildman–Crippen MR) is 55.0 cm³/mol. The maximum absolute atomic E-state index is 2.33. The van der Waals surface area contributed by atoms with Gasteiger partial charge in [0.1, 0.15) is 0 Å². The van der Waals surface area contributed by atoms with Crippen molar-refractivity contribution in [1.82, 2.24) is 0 Å². The molecule has 0 saturated carbocycles. The highest BCUT2D eigenvalue weighted by atomic mass is 14.1. The van der Waals surface area contributed by atoms with Gasteiger partial charge in [0, 0.05) is 0 Å². The van der Waals surface area contributed by atoms with Gasteiger partial charge in [-0.1, -0.05) is 51.2 Å². The smallest absolute Gasteiger partial charge is 0.00243 e. The van der Waals surface area contributed by atoms with Gasteiger partial charge in [0.15, 0.2) is 0 Å². The maximum atomic E-state index is 2.33. The molecule has 0 heterocycles. The first kappa shape index (κ1) is 9.83. The topological polar surface area (TPSA) is 0 Å². The van der Waals surface area contributed by atoms with E-state index < -0.39 is 0 Å². The molecule has 1 aliphatic rings. The lowest BCUT2D eigenvalue weighted by atomic mass is 10.0. The van der Waals surface area contributed by atoms with Crippen molar-refractivity contribution in [1.29, 1.82) is 0 Å². The van der Waals surface area contributed by atoms with Gasteiger partial charge in [0.25, 0.3) is 0 Å². The van der Waals surface area contributed by atoms with Crippen molar-refractivity contribution >= 4 is 0 Å². The monoisotopic (exact) mass is 165 g/mol. The third-order valence-electron chi connectivity index (χ3n) is 2.59. The van der Waals surface area contributed by atoms with Crippen LogP contribution < -0.4 is 0 Å². The summed E-state index contributed by atoms with van der Waals surface area (Å²) in [7, 11) is 0. The zero-order valence-electron chi connectivity index (χ0n) is 8.31. The molecule has 0 amide bonds. The standard InChI is InChI=1S/C12H21/c1-2-3-4-5-6-9-12-10-7-8-11-12/h7,10H,2-6,8-9,11H2,1H3. The summed E-state index contributed by atoms with van der Waals surface area (Å²) in [4.78, 5) is 0. The first-order valence-corrected chi connectivity index (χ1v) is 5.44. The van der Waals surface area contributed by atoms with E-state index in [4.69, 9.17) is 0 Å². The van der Waals surface area contributed by atoms with E-state index in [0.717, 1.165) is 0 Å². The van der Waals surface area contributed by atoms with E-state index in [1.54, 1.807) is 5.92 Å². The van der Waals surface area contributed by atoms with Gasteiger partial charge in [0.05, 0.1) is 0 Å². The molecule has 0 spiro atoms. The Morgan fingerprint density at radius 3 is 2.67 bits per heavy atom. The van der Waals surface area contributed by atoms with Crippen molar-refractivity contribution < 1.29 is 0 Å². The van der Waals surface area contributed by atoms with Gasteiger partial charge in [-0.2, -0.15) is 0 Å². The average Bonchev–Trinajstić information content (AvgIpc) is 2.57. The molecule has 1 radical (unpaired) electrons. The van der Waals surface area contributed by atoms with E-state index in [0.29, 0.717) is 0 Å². The van der Waals surface area contributed by atoms with Crippen molar-refractivity contribution in [2.24, 2.45) is 0 Å². The summed E-state index contributed by atoms with van der Waals surface area (Å²) in [5, 5.41) is 0. The van der Waals surface area contributed by atoms with Crippen molar-refractivity contribution in [2.75, 3.05) is 0 Å². The molecule has 0 fully saturated rings. The molecule has 69 valence electrons. The van der Waals surface area contributed by atoms with Crippen LogP contribution >= 0.6 is 0 Å². The Labute approximate surface area is 77.1 Å². The van der Waals surface area contributed by atoms with Crippen LogP contribution in [-0.2, 0) is 0 Å². The van der Waals surface area contributed by atoms with E-state index in [1.165, 1.54) is 51.4 Å². The molecule has 0 aromatic rings. The van der Waals surface area contributed by atoms with Gasteiger partial charge in [-0.15, -0.1) is 0 Å². The van der Waals surface area contributed by atoms with Gasteiger partial charge in [-0.05, 0) is 25.2 Å². The summed E-state index contributed by atoms with van der Waals surface area (Å²) in [6.45, 7) is 2.27. The van der Waals surface area contributed by atoms with Crippen molar-refractivity contribution in [3.05, 3.63) is 18.1 Å². The third-order valence-corrected chi connectivity index (χ3v) is 2.59. The van der Waals surface area contributed by atoms with Crippen molar-refractivity contribution in [3.8, 4) is 0 Å². The minimum Gasteiger partial charge on any atom is -0.0879 e. The fraction of sp³-hybridized carbons (Fsp3) is 0.750. The summed E-state index contributed by atoms with van der Waals surface area (Å²) >= 11 is 0. The molecule has 0 nitrogen and oxygen atoms in total. The molecule has 0 heteroatoms. The fourth-order valence-corrected chi connectivity index (χ4v) is 1.77. The Morgan fingerprint density at radius 1 is 1.17 bits per heavy atom. The molecule has 1 aliphatic carbocycles. The zero-order chi connectivity index (χ0) is 8.65. The first-order valence-electron chi connectivity index (χ1n) is 5.44. The van der Waals surface area contributed by atoms with E-state index in [9.17, 15) is 0 Å². The maximum Gasteiger partial charge on any atom is -0.00243 e. The minimum absolute atomic E-state index is 1.30. The van der Waals surface area contributed by atoms with E-state index >= 15 is 0 Å². The lowest BCUT2D eigenvalue weighted by Gasteiger charge is -2.05. The summed E-state index contributed by atoms with van der Waals surface area (Å²) in [6, 6.07) is 0. The van der Waals surface area contributed by atoms with Crippen LogP contribution in [0.4, 0.5) is 0 Å². The second-order valence-electron chi connectivity index (χ2n) is 3.76. The highest BCUT2D eigenvalue weighted by Crippen LogP contribution is 2.24. The molecule has 0 unspecified atom stereocenters. The lowest BCUT2D eigenvalue weighted by molar-refractivity contribution is 0.612. The number of hydrogen-bond acceptors (Lipinski definition) is 0. The number of unbranched alkanes of at least 4 members (excludes halogenated alkanes) is 4. The van der Waals surface area contributed by atoms with E-state index in [-0.39, 0.29) is 0 Å². The van der Waals surface area contributed by atoms with Crippen LogP contribution in [-0.4, -0.2) is 0 Å². The summed E-state index contributed by atoms with van der Waals surface area (Å²) in [5.41, 5.74) is 0. The molecule has 0 saturated heterocycles. The second kappa shape index (κ2) is 6.28. The Kier molecular flexibility index (Phi) is 5.14. The summed E-state index contributed by atoms with van der Waals surface area (Å²) in [5.74, 6) is 1.69. The van der Waals surface area contributed by atoms with E-state index in [2.05, 4.69) is 19.1 Å². The van der Waals surface area contributed by atoms with Crippen molar-refractivity contribution in [3.63, 3.8) is 0 Å². The molecule has 1 rings (SSSR count). The zero-order valence-corrected chi connectivity index (χ0v) is 8.31. The molecule has 0 aromatic heterocycles. The SMILES string of the molecule is CCCCCCC[C]1C=CCC1. The lowest BCUT2D eigenvalue weighted by Crippen LogP contribution is -1.88. The van der Waals surface area contributed by atoms with Gasteiger partial charge in [0.2, 0.25) is 0 Å². The highest BCUT2D eigenvalue weighted by Gasteiger charge is 2.08. The average molecular weight is 165 g/mol. The van der Waals surface area contributed by atoms with Crippen LogP contribution in [0.5, 0.6) is 0 Å². The molecule has 0 bridgehead atoms. The van der Waals surface area contributed by atoms with Gasteiger partial charge in [-0.25, -0.2) is 0 Å². The van der Waals surface area contributed by atoms with Gasteiger partial charge in [-0.3, -0.25) is 0 Å². The molecule has 0 aliphatic heterocycles. The summed E-state index contributed by atoms with van der Waals surface area (Å²) < 4.78 is 0. The number of hydrogen-bond donors (Lipinski definition) is 0. The molecular weight excluding hydrogens is 144 g/mol. The normalized spacial score (nSPS) is 17.4. The second-order valence-corrected chi connectivity index (χ2v) is 3.76. The van der Waals surface area contributed by atoms with Crippen LogP contribution in [0.2, 0.25) is 0 Å². The van der Waals surface area contributed by atoms with Crippen LogP contribution in [0.15, 0.2) is 12.2 Å². The Bertz CT molecular complexity index is 124. The molecule has 0 aromatic carbocycles. The first-order chi connectivity index (χ1) is 5.93. The molecular formula is C12H21.